The number of benzene rings is 2. The Morgan fingerprint density at radius 3 is 2.80 bits per heavy atom. The van der Waals surface area contributed by atoms with Crippen molar-refractivity contribution in [2.75, 3.05) is 19.0 Å². The molecule has 0 aromatic heterocycles. The summed E-state index contributed by atoms with van der Waals surface area (Å²) in [5, 5.41) is 12.0. The van der Waals surface area contributed by atoms with Crippen LogP contribution < -0.4 is 14.8 Å². The van der Waals surface area contributed by atoms with Crippen molar-refractivity contribution >= 4 is 11.6 Å². The van der Waals surface area contributed by atoms with Gasteiger partial charge in [-0.3, -0.25) is 4.79 Å². The summed E-state index contributed by atoms with van der Waals surface area (Å²) < 4.78 is 10.9. The number of para-hydroxylation sites is 1. The number of nitrogens with one attached hydrogen (secondary N) is 1. The number of carbonyl (C=O) groups is 1. The number of rotatable bonds is 6. The highest BCUT2D eigenvalue weighted by atomic mass is 16.5. The maximum Gasteiger partial charge on any atom is 0.228 e. The highest BCUT2D eigenvalue weighted by Crippen LogP contribution is 2.51. The van der Waals surface area contributed by atoms with Gasteiger partial charge >= 0.3 is 0 Å². The summed E-state index contributed by atoms with van der Waals surface area (Å²) in [6, 6.07) is 14.9. The number of ether oxygens (including phenoxy) is 2. The van der Waals surface area contributed by atoms with Crippen LogP contribution in [-0.2, 0) is 4.79 Å². The SMILES string of the molecule is CCOc1ccc(C#N)cc1NC(=O)[C@@H]1C[C@H]1c1ccccc1OC. The molecule has 1 N–H and O–H groups in total. The molecule has 1 aliphatic rings. The molecule has 2 aromatic carbocycles. The van der Waals surface area contributed by atoms with Gasteiger partial charge in [0.15, 0.2) is 0 Å². The first-order chi connectivity index (χ1) is 12.2. The van der Waals surface area contributed by atoms with Crippen molar-refractivity contribution in [3.8, 4) is 17.6 Å². The van der Waals surface area contributed by atoms with Crippen molar-refractivity contribution in [1.82, 2.24) is 0 Å². The molecule has 0 radical (unpaired) electrons. The van der Waals surface area contributed by atoms with Crippen LogP contribution in [0.2, 0.25) is 0 Å². The van der Waals surface area contributed by atoms with Crippen LogP contribution >= 0.6 is 0 Å². The molecule has 0 aliphatic heterocycles. The van der Waals surface area contributed by atoms with Gasteiger partial charge in [0.05, 0.1) is 31.0 Å². The molecular formula is C20H20N2O3. The van der Waals surface area contributed by atoms with Crippen molar-refractivity contribution < 1.29 is 14.3 Å². The lowest BCUT2D eigenvalue weighted by Crippen LogP contribution is -2.15. The quantitative estimate of drug-likeness (QED) is 0.873. The summed E-state index contributed by atoms with van der Waals surface area (Å²) >= 11 is 0. The lowest BCUT2D eigenvalue weighted by atomic mass is 10.1. The Hall–Kier alpha value is -3.00. The van der Waals surface area contributed by atoms with E-state index in [-0.39, 0.29) is 17.7 Å². The topological polar surface area (TPSA) is 71.3 Å². The summed E-state index contributed by atoms with van der Waals surface area (Å²) in [5.41, 5.74) is 2.08. The summed E-state index contributed by atoms with van der Waals surface area (Å²) in [7, 11) is 1.64. The van der Waals surface area contributed by atoms with E-state index in [2.05, 4.69) is 11.4 Å². The van der Waals surface area contributed by atoms with Crippen LogP contribution in [-0.4, -0.2) is 19.6 Å². The van der Waals surface area contributed by atoms with E-state index in [1.165, 1.54) is 0 Å². The molecule has 0 saturated heterocycles. The predicted molar refractivity (Wildman–Crippen MR) is 94.8 cm³/mol. The zero-order valence-corrected chi connectivity index (χ0v) is 14.3. The summed E-state index contributed by atoms with van der Waals surface area (Å²) in [5.74, 6) is 1.38. The van der Waals surface area contributed by atoms with E-state index in [0.717, 1.165) is 17.7 Å². The van der Waals surface area contributed by atoms with Gasteiger partial charge in [-0.25, -0.2) is 0 Å². The average Bonchev–Trinajstić information content (AvgIpc) is 3.44. The van der Waals surface area contributed by atoms with Crippen molar-refractivity contribution in [3.05, 3.63) is 53.6 Å². The first-order valence-corrected chi connectivity index (χ1v) is 8.28. The van der Waals surface area contributed by atoms with Crippen molar-refractivity contribution in [2.45, 2.75) is 19.3 Å². The second-order valence-electron chi connectivity index (χ2n) is 5.94. The molecule has 1 amide bonds. The lowest BCUT2D eigenvalue weighted by Gasteiger charge is -2.12. The molecule has 3 rings (SSSR count). The van der Waals surface area contributed by atoms with Crippen LogP contribution in [0.1, 0.15) is 30.4 Å². The Morgan fingerprint density at radius 1 is 1.28 bits per heavy atom. The van der Waals surface area contributed by atoms with Gasteiger partial charge < -0.3 is 14.8 Å². The fraction of sp³-hybridized carbons (Fsp3) is 0.300. The minimum atomic E-state index is -0.100. The highest BCUT2D eigenvalue weighted by molar-refractivity contribution is 5.96. The fourth-order valence-corrected chi connectivity index (χ4v) is 3.01. The Balaban J connectivity index is 1.75. The minimum absolute atomic E-state index is 0.0630. The smallest absolute Gasteiger partial charge is 0.228 e. The largest absolute Gasteiger partial charge is 0.496 e. The molecule has 5 nitrogen and oxygen atoms in total. The predicted octanol–water partition coefficient (Wildman–Crippen LogP) is 3.71. The molecule has 2 atom stereocenters. The van der Waals surface area contributed by atoms with Gasteiger partial charge in [-0.1, -0.05) is 18.2 Å². The summed E-state index contributed by atoms with van der Waals surface area (Å²) in [6.07, 6.45) is 0.786. The zero-order chi connectivity index (χ0) is 17.8. The first kappa shape index (κ1) is 16.8. The van der Waals surface area contributed by atoms with Gasteiger partial charge in [0.1, 0.15) is 11.5 Å². The number of amides is 1. The van der Waals surface area contributed by atoms with E-state index in [1.54, 1.807) is 25.3 Å². The van der Waals surface area contributed by atoms with E-state index < -0.39 is 0 Å². The molecule has 5 heteroatoms. The van der Waals surface area contributed by atoms with E-state index >= 15 is 0 Å². The molecule has 128 valence electrons. The van der Waals surface area contributed by atoms with Gasteiger partial charge in [-0.2, -0.15) is 5.26 Å². The number of anilines is 1. The molecule has 0 heterocycles. The van der Waals surface area contributed by atoms with Crippen molar-refractivity contribution in [3.63, 3.8) is 0 Å². The molecule has 1 aliphatic carbocycles. The van der Waals surface area contributed by atoms with E-state index in [4.69, 9.17) is 14.7 Å². The van der Waals surface area contributed by atoms with Gasteiger partial charge in [0, 0.05) is 5.92 Å². The third-order valence-corrected chi connectivity index (χ3v) is 4.33. The molecule has 1 fully saturated rings. The normalized spacial score (nSPS) is 18.1. The van der Waals surface area contributed by atoms with Crippen molar-refractivity contribution in [2.24, 2.45) is 5.92 Å². The summed E-state index contributed by atoms with van der Waals surface area (Å²) in [4.78, 5) is 12.6. The molecular weight excluding hydrogens is 316 g/mol. The molecule has 2 aromatic rings. The maximum atomic E-state index is 12.6. The minimum Gasteiger partial charge on any atom is -0.496 e. The van der Waals surface area contributed by atoms with Crippen LogP contribution in [0.3, 0.4) is 0 Å². The Labute approximate surface area is 147 Å². The van der Waals surface area contributed by atoms with E-state index in [0.29, 0.717) is 23.6 Å². The average molecular weight is 336 g/mol. The van der Waals surface area contributed by atoms with Gasteiger partial charge in [-0.15, -0.1) is 0 Å². The number of hydrogen-bond donors (Lipinski definition) is 1. The van der Waals surface area contributed by atoms with E-state index in [1.807, 2.05) is 31.2 Å². The molecule has 0 spiro atoms. The zero-order valence-electron chi connectivity index (χ0n) is 14.3. The molecule has 25 heavy (non-hydrogen) atoms. The van der Waals surface area contributed by atoms with Gasteiger partial charge in [0.25, 0.3) is 0 Å². The monoisotopic (exact) mass is 336 g/mol. The second kappa shape index (κ2) is 7.27. The third-order valence-electron chi connectivity index (χ3n) is 4.33. The Kier molecular flexibility index (Phi) is 4.90. The van der Waals surface area contributed by atoms with Crippen LogP contribution in [0.15, 0.2) is 42.5 Å². The van der Waals surface area contributed by atoms with Crippen molar-refractivity contribution in [1.29, 1.82) is 5.26 Å². The fourth-order valence-electron chi connectivity index (χ4n) is 3.01. The number of nitriles is 1. The van der Waals surface area contributed by atoms with Gasteiger partial charge in [0.2, 0.25) is 5.91 Å². The van der Waals surface area contributed by atoms with Crippen LogP contribution in [0.5, 0.6) is 11.5 Å². The van der Waals surface area contributed by atoms with Gasteiger partial charge in [-0.05, 0) is 49.1 Å². The number of hydrogen-bond acceptors (Lipinski definition) is 4. The second-order valence-corrected chi connectivity index (χ2v) is 5.94. The summed E-state index contributed by atoms with van der Waals surface area (Å²) in [6.45, 7) is 2.37. The highest BCUT2D eigenvalue weighted by Gasteiger charge is 2.45. The maximum absolute atomic E-state index is 12.6. The third kappa shape index (κ3) is 3.58. The standard InChI is InChI=1S/C20H20N2O3/c1-3-25-19-9-8-13(12-21)10-17(19)22-20(23)16-11-15(16)14-6-4-5-7-18(14)24-2/h4-10,15-16H,3,11H2,1-2H3,(H,22,23)/t15-,16+/m0/s1. The molecule has 0 unspecified atom stereocenters. The van der Waals surface area contributed by atoms with Crippen LogP contribution in [0.4, 0.5) is 5.69 Å². The van der Waals surface area contributed by atoms with Crippen LogP contribution in [0, 0.1) is 17.2 Å². The first-order valence-electron chi connectivity index (χ1n) is 8.28. The Bertz CT molecular complexity index is 826. The molecule has 0 bridgehead atoms. The number of carbonyl (C=O) groups excluding carboxylic acids is 1. The number of nitrogens with zero attached hydrogens (tertiary/aromatic N) is 1. The number of methoxy groups -OCH3 is 1. The molecule has 1 saturated carbocycles. The van der Waals surface area contributed by atoms with Crippen LogP contribution in [0.25, 0.3) is 0 Å². The van der Waals surface area contributed by atoms with E-state index in [9.17, 15) is 4.79 Å². The lowest BCUT2D eigenvalue weighted by molar-refractivity contribution is -0.117. The Morgan fingerprint density at radius 2 is 2.08 bits per heavy atom.